The lowest BCUT2D eigenvalue weighted by atomic mass is 10.0. The zero-order valence-corrected chi connectivity index (χ0v) is 15.6. The van der Waals surface area contributed by atoms with Gasteiger partial charge in [0, 0.05) is 13.2 Å². The maximum atomic E-state index is 12.0. The van der Waals surface area contributed by atoms with Crippen molar-refractivity contribution in [3.05, 3.63) is 54.1 Å². The lowest BCUT2D eigenvalue weighted by Gasteiger charge is -2.09. The molecule has 0 fully saturated rings. The zero-order chi connectivity index (χ0) is 19.6. The Kier molecular flexibility index (Phi) is 7.82. The van der Waals surface area contributed by atoms with Crippen LogP contribution in [0.5, 0.6) is 5.75 Å². The summed E-state index contributed by atoms with van der Waals surface area (Å²) in [6.07, 6.45) is 0.874. The second-order valence-corrected chi connectivity index (χ2v) is 6.32. The Morgan fingerprint density at radius 3 is 2.19 bits per heavy atom. The molecule has 2 aromatic rings. The Labute approximate surface area is 159 Å². The second kappa shape index (κ2) is 10.3. The van der Waals surface area contributed by atoms with Crippen molar-refractivity contribution in [3.63, 3.8) is 0 Å². The first-order valence-electron chi connectivity index (χ1n) is 8.90. The highest BCUT2D eigenvalue weighted by Gasteiger charge is 2.10. The van der Waals surface area contributed by atoms with Gasteiger partial charge in [0.25, 0.3) is 5.91 Å². The van der Waals surface area contributed by atoms with Crippen LogP contribution in [-0.4, -0.2) is 42.8 Å². The number of amides is 1. The maximum absolute atomic E-state index is 12.0. The fourth-order valence-corrected chi connectivity index (χ4v) is 2.34. The molecule has 6 heteroatoms. The molecule has 0 saturated heterocycles. The predicted molar refractivity (Wildman–Crippen MR) is 103 cm³/mol. The largest absolute Gasteiger partial charge is 0.508 e. The van der Waals surface area contributed by atoms with Gasteiger partial charge in [0.15, 0.2) is 6.61 Å². The van der Waals surface area contributed by atoms with E-state index in [0.29, 0.717) is 25.1 Å². The van der Waals surface area contributed by atoms with Gasteiger partial charge in [-0.25, -0.2) is 4.79 Å². The third-order valence-corrected chi connectivity index (χ3v) is 3.75. The van der Waals surface area contributed by atoms with Crippen molar-refractivity contribution in [2.45, 2.75) is 26.4 Å². The molecule has 0 radical (unpaired) electrons. The van der Waals surface area contributed by atoms with Crippen LogP contribution in [0.1, 0.15) is 30.6 Å². The molecular weight excluding hydrogens is 346 g/mol. The number of benzene rings is 2. The smallest absolute Gasteiger partial charge is 0.338 e. The van der Waals surface area contributed by atoms with Crippen molar-refractivity contribution in [2.24, 2.45) is 0 Å². The van der Waals surface area contributed by atoms with E-state index in [-0.39, 0.29) is 24.4 Å². The summed E-state index contributed by atoms with van der Waals surface area (Å²) in [6, 6.07) is 13.7. The van der Waals surface area contributed by atoms with E-state index in [1.807, 2.05) is 13.8 Å². The molecule has 0 saturated carbocycles. The van der Waals surface area contributed by atoms with Gasteiger partial charge in [0.2, 0.25) is 0 Å². The molecule has 27 heavy (non-hydrogen) atoms. The van der Waals surface area contributed by atoms with E-state index in [1.165, 1.54) is 0 Å². The summed E-state index contributed by atoms with van der Waals surface area (Å²) in [4.78, 5) is 23.7. The number of carbonyl (C=O) groups is 2. The van der Waals surface area contributed by atoms with Crippen molar-refractivity contribution >= 4 is 11.9 Å². The minimum absolute atomic E-state index is 0.169. The minimum Gasteiger partial charge on any atom is -0.508 e. The fourth-order valence-electron chi connectivity index (χ4n) is 2.34. The van der Waals surface area contributed by atoms with E-state index in [2.05, 4.69) is 5.32 Å². The first kappa shape index (κ1) is 20.5. The van der Waals surface area contributed by atoms with Gasteiger partial charge in [-0.15, -0.1) is 0 Å². The predicted octanol–water partition coefficient (Wildman–Crippen LogP) is 3.15. The van der Waals surface area contributed by atoms with Gasteiger partial charge in [-0.2, -0.15) is 0 Å². The average Bonchev–Trinajstić information content (AvgIpc) is 2.66. The van der Waals surface area contributed by atoms with Crippen molar-refractivity contribution < 1.29 is 24.2 Å². The van der Waals surface area contributed by atoms with E-state index in [9.17, 15) is 14.7 Å². The summed E-state index contributed by atoms with van der Waals surface area (Å²) in [5.74, 6) is -0.691. The minimum atomic E-state index is -0.550. The number of esters is 1. The quantitative estimate of drug-likeness (QED) is 0.522. The fraction of sp³-hybridized carbons (Fsp3) is 0.333. The Bertz CT molecular complexity index is 738. The van der Waals surface area contributed by atoms with Gasteiger partial charge in [-0.05, 0) is 55.7 Å². The number of phenolic OH excluding ortho intramolecular Hbond substituents is 1. The standard InChI is InChI=1S/C21H25NO5/c1-15(2)26-13-3-12-22-20(24)14-27-21(25)18-6-4-16(5-7-18)17-8-10-19(23)11-9-17/h4-11,15,23H,3,12-14H2,1-2H3,(H,22,24). The number of nitrogens with one attached hydrogen (secondary N) is 1. The zero-order valence-electron chi connectivity index (χ0n) is 15.6. The number of ether oxygens (including phenoxy) is 2. The van der Waals surface area contributed by atoms with Gasteiger partial charge in [0.05, 0.1) is 11.7 Å². The molecule has 0 atom stereocenters. The van der Waals surface area contributed by atoms with Gasteiger partial charge in [0.1, 0.15) is 5.75 Å². The molecule has 2 rings (SSSR count). The van der Waals surface area contributed by atoms with Gasteiger partial charge >= 0.3 is 5.97 Å². The summed E-state index contributed by atoms with van der Waals surface area (Å²) >= 11 is 0. The topological polar surface area (TPSA) is 84.9 Å². The molecule has 2 N–H and O–H groups in total. The van der Waals surface area contributed by atoms with Crippen LogP contribution < -0.4 is 5.32 Å². The van der Waals surface area contributed by atoms with Crippen LogP contribution in [0.3, 0.4) is 0 Å². The maximum Gasteiger partial charge on any atom is 0.338 e. The molecular formula is C21H25NO5. The lowest BCUT2D eigenvalue weighted by Crippen LogP contribution is -2.30. The summed E-state index contributed by atoms with van der Waals surface area (Å²) in [5.41, 5.74) is 2.21. The van der Waals surface area contributed by atoms with Crippen LogP contribution in [0, 0.1) is 0 Å². The SMILES string of the molecule is CC(C)OCCCNC(=O)COC(=O)c1ccc(-c2ccc(O)cc2)cc1. The van der Waals surface area contributed by atoms with Crippen molar-refractivity contribution in [3.8, 4) is 16.9 Å². The number of hydrogen-bond donors (Lipinski definition) is 2. The third kappa shape index (κ3) is 7.11. The highest BCUT2D eigenvalue weighted by atomic mass is 16.5. The van der Waals surface area contributed by atoms with Crippen molar-refractivity contribution in [1.29, 1.82) is 0 Å². The van der Waals surface area contributed by atoms with E-state index in [4.69, 9.17) is 9.47 Å². The molecule has 0 aromatic heterocycles. The van der Waals surface area contributed by atoms with E-state index >= 15 is 0 Å². The number of rotatable bonds is 9. The Balaban J connectivity index is 1.75. The lowest BCUT2D eigenvalue weighted by molar-refractivity contribution is -0.124. The molecule has 0 spiro atoms. The van der Waals surface area contributed by atoms with Crippen molar-refractivity contribution in [2.75, 3.05) is 19.8 Å². The van der Waals surface area contributed by atoms with Crippen molar-refractivity contribution in [1.82, 2.24) is 5.32 Å². The molecule has 1 amide bonds. The number of hydrogen-bond acceptors (Lipinski definition) is 5. The first-order chi connectivity index (χ1) is 13.0. The highest BCUT2D eigenvalue weighted by Crippen LogP contribution is 2.22. The van der Waals surface area contributed by atoms with Crippen LogP contribution in [-0.2, 0) is 14.3 Å². The molecule has 0 bridgehead atoms. The molecule has 144 valence electrons. The van der Waals surface area contributed by atoms with Gasteiger partial charge in [-0.3, -0.25) is 4.79 Å². The normalized spacial score (nSPS) is 10.6. The summed E-state index contributed by atoms with van der Waals surface area (Å²) in [5, 5.41) is 12.0. The van der Waals surface area contributed by atoms with Crippen LogP contribution in [0.2, 0.25) is 0 Å². The second-order valence-electron chi connectivity index (χ2n) is 6.32. The molecule has 0 unspecified atom stereocenters. The number of aromatic hydroxyl groups is 1. The summed E-state index contributed by atoms with van der Waals surface area (Å²) < 4.78 is 10.4. The van der Waals surface area contributed by atoms with E-state index in [0.717, 1.165) is 11.1 Å². The monoisotopic (exact) mass is 371 g/mol. The summed E-state index contributed by atoms with van der Waals surface area (Å²) in [6.45, 7) is 4.64. The Hall–Kier alpha value is -2.86. The van der Waals surface area contributed by atoms with Crippen LogP contribution in [0.25, 0.3) is 11.1 Å². The molecule has 0 aliphatic carbocycles. The number of phenols is 1. The number of carbonyl (C=O) groups excluding carboxylic acids is 2. The van der Waals surface area contributed by atoms with Crippen LogP contribution >= 0.6 is 0 Å². The molecule has 0 aliphatic rings. The van der Waals surface area contributed by atoms with Gasteiger partial charge < -0.3 is 19.9 Å². The first-order valence-corrected chi connectivity index (χ1v) is 8.90. The van der Waals surface area contributed by atoms with Crippen LogP contribution in [0.15, 0.2) is 48.5 Å². The van der Waals surface area contributed by atoms with Crippen LogP contribution in [0.4, 0.5) is 0 Å². The Morgan fingerprint density at radius 2 is 1.59 bits per heavy atom. The van der Waals surface area contributed by atoms with Gasteiger partial charge in [-0.1, -0.05) is 24.3 Å². The molecule has 0 aliphatic heterocycles. The van der Waals surface area contributed by atoms with E-state index in [1.54, 1.807) is 48.5 Å². The third-order valence-electron chi connectivity index (χ3n) is 3.75. The average molecular weight is 371 g/mol. The highest BCUT2D eigenvalue weighted by molar-refractivity contribution is 5.91. The Morgan fingerprint density at radius 1 is 1.00 bits per heavy atom. The molecule has 2 aromatic carbocycles. The van der Waals surface area contributed by atoms with E-state index < -0.39 is 5.97 Å². The molecule has 0 heterocycles. The molecule has 6 nitrogen and oxygen atoms in total. The summed E-state index contributed by atoms with van der Waals surface area (Å²) in [7, 11) is 0.